The number of carboxylic acid groups (broad SMARTS) is 1. The zero-order valence-corrected chi connectivity index (χ0v) is 9.81. The van der Waals surface area contributed by atoms with Gasteiger partial charge in [-0.3, -0.25) is 4.79 Å². The van der Waals surface area contributed by atoms with Gasteiger partial charge in [0.1, 0.15) is 5.69 Å². The number of esters is 1. The van der Waals surface area contributed by atoms with E-state index in [1.165, 1.54) is 18.5 Å². The van der Waals surface area contributed by atoms with Crippen LogP contribution in [0.4, 0.5) is 0 Å². The van der Waals surface area contributed by atoms with Gasteiger partial charge in [-0.2, -0.15) is 0 Å². The van der Waals surface area contributed by atoms with E-state index in [0.717, 1.165) is 0 Å². The molecule has 1 rings (SSSR count). The molecule has 0 aromatic carbocycles. The molecule has 1 N–H and O–H groups in total. The molecule has 0 saturated heterocycles. The Morgan fingerprint density at radius 2 is 2.06 bits per heavy atom. The van der Waals surface area contributed by atoms with Crippen molar-refractivity contribution < 1.29 is 24.2 Å². The first kappa shape index (κ1) is 13.0. The lowest BCUT2D eigenvalue weighted by Crippen LogP contribution is -2.12. The summed E-state index contributed by atoms with van der Waals surface area (Å²) in [4.78, 5) is 33.5. The number of hydrogen-bond donors (Lipinski definition) is 1. The second-order valence-electron chi connectivity index (χ2n) is 3.44. The molecule has 0 aliphatic carbocycles. The Hall–Kier alpha value is -2.11. The van der Waals surface area contributed by atoms with Crippen LogP contribution in [0.3, 0.4) is 0 Å². The van der Waals surface area contributed by atoms with E-state index in [2.05, 4.69) is 0 Å². The summed E-state index contributed by atoms with van der Waals surface area (Å²) < 4.78 is 6.05. The Balaban J connectivity index is 3.48. The minimum Gasteiger partial charge on any atom is -0.478 e. The van der Waals surface area contributed by atoms with Gasteiger partial charge in [0.25, 0.3) is 0 Å². The molecular weight excluding hydrogens is 226 g/mol. The summed E-state index contributed by atoms with van der Waals surface area (Å²) in [5, 5.41) is 9.00. The van der Waals surface area contributed by atoms with Crippen molar-refractivity contribution in [2.45, 2.75) is 13.8 Å². The Morgan fingerprint density at radius 1 is 1.47 bits per heavy atom. The van der Waals surface area contributed by atoms with E-state index in [4.69, 9.17) is 9.84 Å². The van der Waals surface area contributed by atoms with Crippen LogP contribution in [-0.4, -0.2) is 34.5 Å². The van der Waals surface area contributed by atoms with Crippen LogP contribution in [0.2, 0.25) is 0 Å². The second kappa shape index (κ2) is 4.82. The fraction of sp³-hybridized carbons (Fsp3) is 0.364. The standard InChI is InChI=1S/C11H13NO5/c1-4-17-11(16)9-6(2)8(10(14)15)7(5-13)12(9)3/h5H,4H2,1-3H3,(H,14,15). The van der Waals surface area contributed by atoms with Gasteiger partial charge in [-0.25, -0.2) is 9.59 Å². The van der Waals surface area contributed by atoms with E-state index in [1.807, 2.05) is 0 Å². The zero-order valence-electron chi connectivity index (χ0n) is 9.81. The SMILES string of the molecule is CCOC(=O)c1c(C)c(C(=O)O)c(C=O)n1C. The molecule has 0 aliphatic rings. The van der Waals surface area contributed by atoms with Gasteiger partial charge in [0.05, 0.1) is 17.9 Å². The van der Waals surface area contributed by atoms with Crippen LogP contribution >= 0.6 is 0 Å². The maximum absolute atomic E-state index is 11.6. The van der Waals surface area contributed by atoms with Crippen molar-refractivity contribution >= 4 is 18.2 Å². The first-order valence-corrected chi connectivity index (χ1v) is 5.00. The molecular formula is C11H13NO5. The quantitative estimate of drug-likeness (QED) is 0.626. The minimum absolute atomic E-state index is 0.0435. The van der Waals surface area contributed by atoms with Crippen molar-refractivity contribution in [3.8, 4) is 0 Å². The highest BCUT2D eigenvalue weighted by Crippen LogP contribution is 2.21. The van der Waals surface area contributed by atoms with Crippen molar-refractivity contribution in [1.82, 2.24) is 4.57 Å². The highest BCUT2D eigenvalue weighted by atomic mass is 16.5. The van der Waals surface area contributed by atoms with Crippen molar-refractivity contribution in [3.05, 3.63) is 22.5 Å². The molecule has 0 unspecified atom stereocenters. The van der Waals surface area contributed by atoms with E-state index in [0.29, 0.717) is 6.29 Å². The smallest absolute Gasteiger partial charge is 0.355 e. The van der Waals surface area contributed by atoms with Gasteiger partial charge in [-0.15, -0.1) is 0 Å². The van der Waals surface area contributed by atoms with Gasteiger partial charge in [-0.1, -0.05) is 0 Å². The molecule has 0 saturated carbocycles. The first-order valence-electron chi connectivity index (χ1n) is 5.00. The van der Waals surface area contributed by atoms with Crippen molar-refractivity contribution in [3.63, 3.8) is 0 Å². The third kappa shape index (κ3) is 2.06. The summed E-state index contributed by atoms with van der Waals surface area (Å²) in [5.41, 5.74) is 0.121. The Kier molecular flexibility index (Phi) is 3.67. The lowest BCUT2D eigenvalue weighted by atomic mass is 10.1. The fourth-order valence-corrected chi connectivity index (χ4v) is 1.75. The van der Waals surface area contributed by atoms with Gasteiger partial charge in [0.2, 0.25) is 0 Å². The zero-order chi connectivity index (χ0) is 13.2. The molecule has 0 amide bonds. The third-order valence-electron chi connectivity index (χ3n) is 2.48. The van der Waals surface area contributed by atoms with Gasteiger partial charge in [0, 0.05) is 7.05 Å². The molecule has 0 fully saturated rings. The Bertz CT molecular complexity index is 487. The molecule has 0 atom stereocenters. The minimum atomic E-state index is -1.24. The lowest BCUT2D eigenvalue weighted by molar-refractivity contribution is 0.0514. The van der Waals surface area contributed by atoms with Crippen LogP contribution in [0.15, 0.2) is 0 Å². The van der Waals surface area contributed by atoms with E-state index < -0.39 is 11.9 Å². The number of carbonyl (C=O) groups is 3. The molecule has 6 nitrogen and oxygen atoms in total. The summed E-state index contributed by atoms with van der Waals surface area (Å²) >= 11 is 0. The largest absolute Gasteiger partial charge is 0.478 e. The van der Waals surface area contributed by atoms with E-state index in [1.54, 1.807) is 6.92 Å². The van der Waals surface area contributed by atoms with Crippen LogP contribution < -0.4 is 0 Å². The summed E-state index contributed by atoms with van der Waals surface area (Å²) in [5.74, 6) is -1.88. The summed E-state index contributed by atoms with van der Waals surface area (Å²) in [6.45, 7) is 3.31. The number of ether oxygens (including phenoxy) is 1. The van der Waals surface area contributed by atoms with Gasteiger partial charge >= 0.3 is 11.9 Å². The van der Waals surface area contributed by atoms with Crippen molar-refractivity contribution in [2.75, 3.05) is 6.61 Å². The molecule has 1 heterocycles. The lowest BCUT2D eigenvalue weighted by Gasteiger charge is -2.04. The number of rotatable bonds is 4. The van der Waals surface area contributed by atoms with E-state index in [-0.39, 0.29) is 29.1 Å². The Labute approximate surface area is 97.8 Å². The summed E-state index contributed by atoms with van der Waals surface area (Å²) in [6.07, 6.45) is 0.416. The molecule has 17 heavy (non-hydrogen) atoms. The van der Waals surface area contributed by atoms with Gasteiger partial charge in [0.15, 0.2) is 6.29 Å². The average Bonchev–Trinajstić information content (AvgIpc) is 2.49. The molecule has 0 radical (unpaired) electrons. The first-order chi connectivity index (χ1) is 7.95. The van der Waals surface area contributed by atoms with Gasteiger partial charge in [-0.05, 0) is 19.4 Å². The number of aldehydes is 1. The average molecular weight is 239 g/mol. The van der Waals surface area contributed by atoms with Crippen LogP contribution in [0.1, 0.15) is 43.8 Å². The molecule has 1 aromatic heterocycles. The number of nitrogens with zero attached hydrogens (tertiary/aromatic N) is 1. The molecule has 0 aliphatic heterocycles. The Morgan fingerprint density at radius 3 is 2.41 bits per heavy atom. The number of carboxylic acids is 1. The van der Waals surface area contributed by atoms with Gasteiger partial charge < -0.3 is 14.4 Å². The maximum atomic E-state index is 11.6. The molecule has 6 heteroatoms. The van der Waals surface area contributed by atoms with E-state index >= 15 is 0 Å². The number of aromatic carboxylic acids is 1. The second-order valence-corrected chi connectivity index (χ2v) is 3.44. The highest BCUT2D eigenvalue weighted by Gasteiger charge is 2.26. The normalized spacial score (nSPS) is 10.1. The van der Waals surface area contributed by atoms with Crippen LogP contribution in [0.25, 0.3) is 0 Å². The van der Waals surface area contributed by atoms with Crippen molar-refractivity contribution in [2.24, 2.45) is 7.05 Å². The predicted octanol–water partition coefficient (Wildman–Crippen LogP) is 1.02. The van der Waals surface area contributed by atoms with Crippen molar-refractivity contribution in [1.29, 1.82) is 0 Å². The highest BCUT2D eigenvalue weighted by molar-refractivity contribution is 6.03. The summed E-state index contributed by atoms with van der Waals surface area (Å²) in [7, 11) is 1.45. The number of hydrogen-bond acceptors (Lipinski definition) is 4. The predicted molar refractivity (Wildman–Crippen MR) is 58.5 cm³/mol. The molecule has 0 bridgehead atoms. The number of carbonyl (C=O) groups excluding carboxylic acids is 2. The monoisotopic (exact) mass is 239 g/mol. The van der Waals surface area contributed by atoms with Crippen LogP contribution in [0.5, 0.6) is 0 Å². The molecule has 92 valence electrons. The van der Waals surface area contributed by atoms with Crippen LogP contribution in [0, 0.1) is 6.92 Å². The number of aromatic nitrogens is 1. The fourth-order valence-electron chi connectivity index (χ4n) is 1.75. The topological polar surface area (TPSA) is 85.6 Å². The summed E-state index contributed by atoms with van der Waals surface area (Å²) in [6, 6.07) is 0. The molecule has 1 aromatic rings. The molecule has 0 spiro atoms. The maximum Gasteiger partial charge on any atom is 0.355 e. The van der Waals surface area contributed by atoms with Crippen LogP contribution in [-0.2, 0) is 11.8 Å². The van der Waals surface area contributed by atoms with E-state index in [9.17, 15) is 14.4 Å². The third-order valence-corrected chi connectivity index (χ3v) is 2.48.